The molecule has 0 aliphatic heterocycles. The van der Waals surface area contributed by atoms with Crippen molar-refractivity contribution in [2.45, 2.75) is 0 Å². The average Bonchev–Trinajstić information content (AvgIpc) is 2.33. The molecule has 0 radical (unpaired) electrons. The van der Waals surface area contributed by atoms with Gasteiger partial charge in [0.15, 0.2) is 0 Å². The minimum absolute atomic E-state index is 0.211. The predicted molar refractivity (Wildman–Crippen MR) is 69.9 cm³/mol. The molecule has 2 rings (SSSR count). The normalized spacial score (nSPS) is 11.5. The van der Waals surface area contributed by atoms with E-state index in [1.807, 2.05) is 0 Å². The Labute approximate surface area is 104 Å². The number of halogens is 1. The maximum Gasteiger partial charge on any atom is 0.115 e. The number of rotatable bonds is 2. The third-order valence-electron chi connectivity index (χ3n) is 2.33. The van der Waals surface area contributed by atoms with Gasteiger partial charge in [0.25, 0.3) is 0 Å². The Morgan fingerprint density at radius 1 is 0.824 bits per heavy atom. The van der Waals surface area contributed by atoms with Crippen LogP contribution in [-0.2, 0) is 0 Å². The second-order valence-electron chi connectivity index (χ2n) is 3.63. The van der Waals surface area contributed by atoms with Crippen LogP contribution in [0.1, 0.15) is 11.1 Å². The summed E-state index contributed by atoms with van der Waals surface area (Å²) in [4.78, 5) is 0. The highest BCUT2D eigenvalue weighted by Gasteiger charge is 1.99. The SMILES string of the molecule is Oc1ccc(/C=C(\Cl)c2ccc(O)cc2)cc1. The van der Waals surface area contributed by atoms with Crippen LogP contribution in [0, 0.1) is 0 Å². The molecule has 0 amide bonds. The van der Waals surface area contributed by atoms with Crippen molar-refractivity contribution in [2.75, 3.05) is 0 Å². The van der Waals surface area contributed by atoms with Crippen molar-refractivity contribution in [1.29, 1.82) is 0 Å². The highest BCUT2D eigenvalue weighted by atomic mass is 35.5. The van der Waals surface area contributed by atoms with E-state index < -0.39 is 0 Å². The third-order valence-corrected chi connectivity index (χ3v) is 2.66. The predicted octanol–water partition coefficient (Wildman–Crippen LogP) is 3.83. The van der Waals surface area contributed by atoms with Crippen LogP contribution in [0.3, 0.4) is 0 Å². The van der Waals surface area contributed by atoms with Crippen molar-refractivity contribution < 1.29 is 10.2 Å². The van der Waals surface area contributed by atoms with E-state index in [0.717, 1.165) is 11.1 Å². The first-order chi connectivity index (χ1) is 8.15. The Morgan fingerprint density at radius 3 is 1.82 bits per heavy atom. The molecule has 2 N–H and O–H groups in total. The Morgan fingerprint density at radius 2 is 1.29 bits per heavy atom. The molecular formula is C14H11ClO2. The fourth-order valence-electron chi connectivity index (χ4n) is 1.42. The van der Waals surface area contributed by atoms with E-state index in [-0.39, 0.29) is 11.5 Å². The average molecular weight is 247 g/mol. The first kappa shape index (κ1) is 11.6. The zero-order chi connectivity index (χ0) is 12.3. The first-order valence-corrected chi connectivity index (χ1v) is 5.48. The monoisotopic (exact) mass is 246 g/mol. The van der Waals surface area contributed by atoms with E-state index in [1.165, 1.54) is 0 Å². The van der Waals surface area contributed by atoms with Crippen molar-refractivity contribution in [3.05, 3.63) is 59.7 Å². The van der Waals surface area contributed by atoms with Crippen LogP contribution in [0.2, 0.25) is 0 Å². The highest BCUT2D eigenvalue weighted by molar-refractivity contribution is 6.51. The number of phenols is 2. The molecule has 0 unspecified atom stereocenters. The molecule has 0 saturated carbocycles. The van der Waals surface area contributed by atoms with Gasteiger partial charge in [0, 0.05) is 5.03 Å². The molecule has 0 saturated heterocycles. The molecule has 0 bridgehead atoms. The second-order valence-corrected chi connectivity index (χ2v) is 4.04. The van der Waals surface area contributed by atoms with E-state index >= 15 is 0 Å². The Bertz CT molecular complexity index is 527. The van der Waals surface area contributed by atoms with E-state index in [2.05, 4.69) is 0 Å². The summed E-state index contributed by atoms with van der Waals surface area (Å²) in [5, 5.41) is 18.9. The molecule has 0 aromatic heterocycles. The molecule has 0 atom stereocenters. The zero-order valence-electron chi connectivity index (χ0n) is 8.97. The molecule has 0 spiro atoms. The standard InChI is InChI=1S/C14H11ClO2/c15-14(11-3-7-13(17)8-4-11)9-10-1-5-12(16)6-2-10/h1-9,16-17H/b14-9-. The molecule has 0 aliphatic rings. The number of phenolic OH excluding ortho intramolecular Hbond substituents is 2. The van der Waals surface area contributed by atoms with Crippen molar-refractivity contribution >= 4 is 22.7 Å². The van der Waals surface area contributed by atoms with Gasteiger partial charge in [-0.1, -0.05) is 23.7 Å². The second kappa shape index (κ2) is 4.93. The smallest absolute Gasteiger partial charge is 0.115 e. The van der Waals surface area contributed by atoms with E-state index in [4.69, 9.17) is 21.8 Å². The number of hydrogen-bond donors (Lipinski definition) is 2. The molecule has 0 fully saturated rings. The number of benzene rings is 2. The number of aromatic hydroxyl groups is 2. The molecule has 2 aromatic carbocycles. The van der Waals surface area contributed by atoms with Crippen molar-refractivity contribution in [3.8, 4) is 11.5 Å². The molecule has 0 aliphatic carbocycles. The van der Waals surface area contributed by atoms with Crippen LogP contribution >= 0.6 is 11.6 Å². The summed E-state index contributed by atoms with van der Waals surface area (Å²) in [7, 11) is 0. The van der Waals surface area contributed by atoms with Crippen LogP contribution in [0.5, 0.6) is 11.5 Å². The lowest BCUT2D eigenvalue weighted by atomic mass is 10.1. The van der Waals surface area contributed by atoms with Crippen LogP contribution in [-0.4, -0.2) is 10.2 Å². The molecule has 0 heterocycles. The fourth-order valence-corrected chi connectivity index (χ4v) is 1.67. The van der Waals surface area contributed by atoms with Gasteiger partial charge in [0.2, 0.25) is 0 Å². The Kier molecular flexibility index (Phi) is 3.35. The van der Waals surface area contributed by atoms with Crippen LogP contribution < -0.4 is 0 Å². The quantitative estimate of drug-likeness (QED) is 0.791. The van der Waals surface area contributed by atoms with Gasteiger partial charge in [-0.2, -0.15) is 0 Å². The Balaban J connectivity index is 2.27. The van der Waals surface area contributed by atoms with Gasteiger partial charge in [-0.25, -0.2) is 0 Å². The Hall–Kier alpha value is -1.93. The van der Waals surface area contributed by atoms with Gasteiger partial charge >= 0.3 is 0 Å². The van der Waals surface area contributed by atoms with E-state index in [9.17, 15) is 0 Å². The molecule has 3 heteroatoms. The largest absolute Gasteiger partial charge is 0.508 e. The van der Waals surface area contributed by atoms with Gasteiger partial charge in [-0.3, -0.25) is 0 Å². The lowest BCUT2D eigenvalue weighted by Crippen LogP contribution is -1.77. The molecule has 2 nitrogen and oxygen atoms in total. The third kappa shape index (κ3) is 3.02. The molecule has 17 heavy (non-hydrogen) atoms. The molecule has 86 valence electrons. The van der Waals surface area contributed by atoms with Gasteiger partial charge < -0.3 is 10.2 Å². The van der Waals surface area contributed by atoms with E-state index in [0.29, 0.717) is 5.03 Å². The minimum Gasteiger partial charge on any atom is -0.508 e. The van der Waals surface area contributed by atoms with E-state index in [1.54, 1.807) is 54.6 Å². The summed E-state index contributed by atoms with van der Waals surface area (Å²) >= 11 is 6.15. The summed E-state index contributed by atoms with van der Waals surface area (Å²) in [6.07, 6.45) is 1.80. The maximum atomic E-state index is 9.17. The molecule has 2 aromatic rings. The van der Waals surface area contributed by atoms with Crippen LogP contribution in [0.15, 0.2) is 48.5 Å². The number of hydrogen-bond acceptors (Lipinski definition) is 2. The lowest BCUT2D eigenvalue weighted by molar-refractivity contribution is 0.474. The van der Waals surface area contributed by atoms with Crippen molar-refractivity contribution in [1.82, 2.24) is 0 Å². The summed E-state index contributed by atoms with van der Waals surface area (Å²) in [5.41, 5.74) is 1.73. The van der Waals surface area contributed by atoms with Crippen LogP contribution in [0.25, 0.3) is 11.1 Å². The van der Waals surface area contributed by atoms with Gasteiger partial charge in [-0.05, 0) is 53.6 Å². The fraction of sp³-hybridized carbons (Fsp3) is 0. The maximum absolute atomic E-state index is 9.17. The summed E-state index contributed by atoms with van der Waals surface area (Å²) in [5.74, 6) is 0.436. The topological polar surface area (TPSA) is 40.5 Å². The lowest BCUT2D eigenvalue weighted by Gasteiger charge is -2.00. The van der Waals surface area contributed by atoms with Gasteiger partial charge in [0.05, 0.1) is 0 Å². The summed E-state index contributed by atoms with van der Waals surface area (Å²) in [6.45, 7) is 0. The summed E-state index contributed by atoms with van der Waals surface area (Å²) < 4.78 is 0. The van der Waals surface area contributed by atoms with Crippen LogP contribution in [0.4, 0.5) is 0 Å². The van der Waals surface area contributed by atoms with Crippen molar-refractivity contribution in [3.63, 3.8) is 0 Å². The first-order valence-electron chi connectivity index (χ1n) is 5.11. The summed E-state index contributed by atoms with van der Waals surface area (Å²) in [6, 6.07) is 13.4. The van der Waals surface area contributed by atoms with Crippen molar-refractivity contribution in [2.24, 2.45) is 0 Å². The zero-order valence-corrected chi connectivity index (χ0v) is 9.72. The highest BCUT2D eigenvalue weighted by Crippen LogP contribution is 2.24. The molecular weight excluding hydrogens is 236 g/mol. The minimum atomic E-state index is 0.211. The van der Waals surface area contributed by atoms with Gasteiger partial charge in [-0.15, -0.1) is 0 Å². The van der Waals surface area contributed by atoms with Gasteiger partial charge in [0.1, 0.15) is 11.5 Å².